The molecule has 0 aliphatic heterocycles. The zero-order valence-corrected chi connectivity index (χ0v) is 16.4. The second-order valence-corrected chi connectivity index (χ2v) is 10.1. The first-order valence-corrected chi connectivity index (χ1v) is 10.6. The van der Waals surface area contributed by atoms with Crippen LogP contribution in [0.15, 0.2) is 47.4 Å². The fourth-order valence-corrected chi connectivity index (χ4v) is 6.91. The van der Waals surface area contributed by atoms with Crippen molar-refractivity contribution in [2.24, 2.45) is 5.92 Å². The van der Waals surface area contributed by atoms with Crippen LogP contribution < -0.4 is 0 Å². The Bertz CT molecular complexity index is 1120. The van der Waals surface area contributed by atoms with Gasteiger partial charge in [0.1, 0.15) is 10.6 Å². The van der Waals surface area contributed by atoms with E-state index in [0.29, 0.717) is 12.1 Å². The smallest absolute Gasteiger partial charge is 0.369 e. The number of halogens is 7. The van der Waals surface area contributed by atoms with Crippen LogP contribution in [0.1, 0.15) is 29.5 Å². The number of alkyl halides is 6. The van der Waals surface area contributed by atoms with Crippen LogP contribution >= 0.6 is 0 Å². The van der Waals surface area contributed by atoms with Crippen molar-refractivity contribution < 1.29 is 44.3 Å². The third kappa shape index (κ3) is 2.92. The molecule has 2 atom stereocenters. The Balaban J connectivity index is 1.85. The first-order valence-electron chi connectivity index (χ1n) is 9.16. The molecule has 31 heavy (non-hydrogen) atoms. The maximum absolute atomic E-state index is 13.3. The summed E-state index contributed by atoms with van der Waals surface area (Å²) in [5, 5.41) is 9.66. The van der Waals surface area contributed by atoms with Crippen molar-refractivity contribution in [3.63, 3.8) is 0 Å². The first-order chi connectivity index (χ1) is 14.2. The van der Waals surface area contributed by atoms with Crippen molar-refractivity contribution in [1.82, 2.24) is 0 Å². The molecule has 11 heteroatoms. The number of fused-ring (bicyclic) bond motifs is 3. The second kappa shape index (κ2) is 6.44. The molecule has 0 amide bonds. The van der Waals surface area contributed by atoms with Gasteiger partial charge < -0.3 is 5.11 Å². The summed E-state index contributed by atoms with van der Waals surface area (Å²) in [5.41, 5.74) is -6.38. The quantitative estimate of drug-likeness (QED) is 0.522. The van der Waals surface area contributed by atoms with E-state index in [1.54, 1.807) is 0 Å². The van der Waals surface area contributed by atoms with Crippen LogP contribution in [0, 0.1) is 11.7 Å². The number of rotatable bonds is 3. The van der Waals surface area contributed by atoms with Crippen LogP contribution in [0.3, 0.4) is 0 Å². The Hall–Kier alpha value is -2.14. The van der Waals surface area contributed by atoms with E-state index in [-0.39, 0.29) is 41.2 Å². The van der Waals surface area contributed by atoms with E-state index in [1.165, 1.54) is 0 Å². The summed E-state index contributed by atoms with van der Waals surface area (Å²) in [7, 11) is -4.10. The van der Waals surface area contributed by atoms with Crippen LogP contribution in [0.2, 0.25) is 0 Å². The number of aryl methyl sites for hydroxylation is 1. The Labute approximate surface area is 172 Å². The standard InChI is InChI=1S/C20H15F7O3S/c21-14-4-6-15(7-5-14)31(29,30)17-10-13(17)2-1-11-9-12(3-8-16(11)17)18(28,19(22,23)24)20(25,26)27/h3-9,13,28H,1-2,10H2. The summed E-state index contributed by atoms with van der Waals surface area (Å²) in [4.78, 5) is -0.185. The molecule has 4 rings (SSSR count). The molecular formula is C20H15F7O3S. The molecule has 0 saturated heterocycles. The molecule has 3 nitrogen and oxygen atoms in total. The van der Waals surface area contributed by atoms with Crippen molar-refractivity contribution in [3.05, 3.63) is 65.0 Å². The zero-order valence-electron chi connectivity index (χ0n) is 15.6. The lowest BCUT2D eigenvalue weighted by molar-refractivity contribution is -0.376. The molecule has 2 aliphatic rings. The van der Waals surface area contributed by atoms with E-state index in [9.17, 15) is 44.3 Å². The average molecular weight is 468 g/mol. The molecule has 0 spiro atoms. The van der Waals surface area contributed by atoms with Gasteiger partial charge in [-0.05, 0) is 60.6 Å². The normalized spacial score (nSPS) is 23.8. The summed E-state index contributed by atoms with van der Waals surface area (Å²) < 4.78 is 118. The highest BCUT2D eigenvalue weighted by molar-refractivity contribution is 7.92. The number of aliphatic hydroxyl groups is 1. The highest BCUT2D eigenvalue weighted by Gasteiger charge is 2.72. The van der Waals surface area contributed by atoms with Crippen LogP contribution in [0.25, 0.3) is 0 Å². The van der Waals surface area contributed by atoms with Gasteiger partial charge in [-0.3, -0.25) is 0 Å². The number of sulfone groups is 1. The summed E-state index contributed by atoms with van der Waals surface area (Å²) in [5.74, 6) is -1.01. The number of hydrogen-bond acceptors (Lipinski definition) is 3. The summed E-state index contributed by atoms with van der Waals surface area (Å²) >= 11 is 0. The lowest BCUT2D eigenvalue weighted by Gasteiger charge is -2.34. The zero-order chi connectivity index (χ0) is 23.0. The molecular weight excluding hydrogens is 453 g/mol. The van der Waals surface area contributed by atoms with Gasteiger partial charge in [-0.25, -0.2) is 12.8 Å². The summed E-state index contributed by atoms with van der Waals surface area (Å²) in [6, 6.07) is 6.05. The highest BCUT2D eigenvalue weighted by Crippen LogP contribution is 2.65. The molecule has 0 heterocycles. The van der Waals surface area contributed by atoms with Gasteiger partial charge in [-0.15, -0.1) is 0 Å². The van der Waals surface area contributed by atoms with Gasteiger partial charge in [0, 0.05) is 5.56 Å². The van der Waals surface area contributed by atoms with Crippen molar-refractivity contribution in [1.29, 1.82) is 0 Å². The fraction of sp³-hybridized carbons (Fsp3) is 0.400. The molecule has 2 unspecified atom stereocenters. The largest absolute Gasteiger partial charge is 0.430 e. The third-order valence-electron chi connectivity index (χ3n) is 6.21. The van der Waals surface area contributed by atoms with Crippen LogP contribution in [-0.2, 0) is 26.6 Å². The molecule has 1 fully saturated rings. The molecule has 168 valence electrons. The van der Waals surface area contributed by atoms with Crippen molar-refractivity contribution in [2.45, 2.75) is 46.9 Å². The van der Waals surface area contributed by atoms with E-state index in [4.69, 9.17) is 0 Å². The van der Waals surface area contributed by atoms with Crippen LogP contribution in [-0.4, -0.2) is 25.9 Å². The predicted molar refractivity (Wildman–Crippen MR) is 94.1 cm³/mol. The summed E-state index contributed by atoms with van der Waals surface area (Å²) in [6.45, 7) is 0. The fourth-order valence-electron chi connectivity index (χ4n) is 4.53. The van der Waals surface area contributed by atoms with Crippen molar-refractivity contribution in [2.75, 3.05) is 0 Å². The number of hydrogen-bond donors (Lipinski definition) is 1. The van der Waals surface area contributed by atoms with Gasteiger partial charge in [0.25, 0.3) is 5.60 Å². The molecule has 2 aromatic rings. The monoisotopic (exact) mass is 468 g/mol. The molecule has 1 saturated carbocycles. The Kier molecular flexibility index (Phi) is 4.59. The third-order valence-corrected chi connectivity index (χ3v) is 8.79. The molecule has 0 bridgehead atoms. The Morgan fingerprint density at radius 2 is 1.52 bits per heavy atom. The Morgan fingerprint density at radius 3 is 2.06 bits per heavy atom. The Morgan fingerprint density at radius 1 is 0.935 bits per heavy atom. The minimum atomic E-state index is -6.03. The van der Waals surface area contributed by atoms with E-state index in [0.717, 1.165) is 30.3 Å². The van der Waals surface area contributed by atoms with Gasteiger partial charge in [-0.1, -0.05) is 18.2 Å². The topological polar surface area (TPSA) is 54.4 Å². The predicted octanol–water partition coefficient (Wildman–Crippen LogP) is 4.77. The van der Waals surface area contributed by atoms with Gasteiger partial charge in [-0.2, -0.15) is 26.3 Å². The first kappa shape index (κ1) is 22.1. The molecule has 2 aromatic carbocycles. The molecule has 0 aromatic heterocycles. The van der Waals surface area contributed by atoms with Gasteiger partial charge in [0.15, 0.2) is 9.84 Å². The SMILES string of the molecule is O=S(=O)(c1ccc(F)cc1)C12CC1CCc1cc(C(O)(C(F)(F)F)C(F)(F)F)ccc12. The van der Waals surface area contributed by atoms with E-state index in [2.05, 4.69) is 0 Å². The lowest BCUT2D eigenvalue weighted by atomic mass is 9.84. The maximum Gasteiger partial charge on any atom is 0.430 e. The molecule has 2 aliphatic carbocycles. The van der Waals surface area contributed by atoms with Gasteiger partial charge in [0.2, 0.25) is 0 Å². The highest BCUT2D eigenvalue weighted by atomic mass is 32.2. The van der Waals surface area contributed by atoms with Crippen LogP contribution in [0.5, 0.6) is 0 Å². The summed E-state index contributed by atoms with van der Waals surface area (Å²) in [6.07, 6.45) is -11.6. The lowest BCUT2D eigenvalue weighted by Crippen LogP contribution is -2.54. The average Bonchev–Trinajstić information content (AvgIpc) is 3.42. The van der Waals surface area contributed by atoms with Crippen LogP contribution in [0.4, 0.5) is 30.7 Å². The molecule has 1 N–H and O–H groups in total. The minimum Gasteiger partial charge on any atom is -0.369 e. The van der Waals surface area contributed by atoms with Crippen molar-refractivity contribution >= 4 is 9.84 Å². The second-order valence-electron chi connectivity index (χ2n) is 7.86. The van der Waals surface area contributed by atoms with E-state index in [1.807, 2.05) is 0 Å². The van der Waals surface area contributed by atoms with E-state index < -0.39 is 43.9 Å². The maximum atomic E-state index is 13.3. The van der Waals surface area contributed by atoms with Gasteiger partial charge in [0.05, 0.1) is 4.90 Å². The number of benzene rings is 2. The minimum absolute atomic E-state index is 0.00358. The van der Waals surface area contributed by atoms with Crippen molar-refractivity contribution in [3.8, 4) is 0 Å². The van der Waals surface area contributed by atoms with Gasteiger partial charge >= 0.3 is 12.4 Å². The molecule has 0 radical (unpaired) electrons. The van der Waals surface area contributed by atoms with E-state index >= 15 is 0 Å².